The molecule has 2 aliphatic carbocycles. The number of allylic oxidation sites excluding steroid dienone is 2. The van der Waals surface area contributed by atoms with Gasteiger partial charge in [-0.2, -0.15) is 0 Å². The van der Waals surface area contributed by atoms with Crippen LogP contribution in [0.4, 0.5) is 5.69 Å². The van der Waals surface area contributed by atoms with Crippen molar-refractivity contribution >= 4 is 15.5 Å². The van der Waals surface area contributed by atoms with Crippen LogP contribution in [0.2, 0.25) is 0 Å². The van der Waals surface area contributed by atoms with Gasteiger partial charge in [0.05, 0.1) is 11.5 Å². The predicted molar refractivity (Wildman–Crippen MR) is 111 cm³/mol. The number of nitrogens with zero attached hydrogens (tertiary/aromatic N) is 1. The molecule has 1 N–H and O–H groups in total. The Hall–Kier alpha value is -1.33. The van der Waals surface area contributed by atoms with Crippen molar-refractivity contribution in [1.82, 2.24) is 4.90 Å². The second kappa shape index (κ2) is 7.59. The first-order chi connectivity index (χ1) is 12.9. The first kappa shape index (κ1) is 19.0. The lowest BCUT2D eigenvalue weighted by molar-refractivity contribution is 0.203. The molecule has 4 rings (SSSR count). The zero-order valence-corrected chi connectivity index (χ0v) is 17.3. The van der Waals surface area contributed by atoms with Crippen molar-refractivity contribution in [2.75, 3.05) is 29.9 Å². The first-order valence-corrected chi connectivity index (χ1v) is 12.2. The van der Waals surface area contributed by atoms with E-state index in [1.54, 1.807) is 0 Å². The molecule has 0 spiro atoms. The summed E-state index contributed by atoms with van der Waals surface area (Å²) in [6.45, 7) is 6.88. The predicted octanol–water partition coefficient (Wildman–Crippen LogP) is 3.91. The molecule has 27 heavy (non-hydrogen) atoms. The van der Waals surface area contributed by atoms with Crippen LogP contribution in [-0.2, 0) is 16.4 Å². The molecule has 1 aromatic rings. The van der Waals surface area contributed by atoms with Crippen molar-refractivity contribution in [3.63, 3.8) is 0 Å². The molecule has 4 atom stereocenters. The Morgan fingerprint density at radius 1 is 1.07 bits per heavy atom. The number of hydrogen-bond acceptors (Lipinski definition) is 4. The Bertz CT molecular complexity index is 786. The molecule has 0 amide bonds. The number of fused-ring (bicyclic) bond motifs is 1. The van der Waals surface area contributed by atoms with Crippen molar-refractivity contribution in [2.45, 2.75) is 39.7 Å². The van der Waals surface area contributed by atoms with E-state index >= 15 is 0 Å². The summed E-state index contributed by atoms with van der Waals surface area (Å²) in [4.78, 5) is 2.23. The minimum absolute atomic E-state index is 0.292. The zero-order valence-electron chi connectivity index (χ0n) is 16.5. The van der Waals surface area contributed by atoms with Gasteiger partial charge in [0.2, 0.25) is 0 Å². The van der Waals surface area contributed by atoms with E-state index in [0.717, 1.165) is 24.1 Å². The number of anilines is 1. The molecule has 0 radical (unpaired) electrons. The van der Waals surface area contributed by atoms with Crippen LogP contribution in [0.1, 0.15) is 38.7 Å². The summed E-state index contributed by atoms with van der Waals surface area (Å²) >= 11 is 0. The molecule has 1 aromatic carbocycles. The van der Waals surface area contributed by atoms with E-state index < -0.39 is 9.84 Å². The maximum absolute atomic E-state index is 11.6. The highest BCUT2D eigenvalue weighted by Gasteiger charge is 2.38. The van der Waals surface area contributed by atoms with Gasteiger partial charge in [-0.15, -0.1) is 0 Å². The molecular weight excluding hydrogens is 356 g/mol. The Balaban J connectivity index is 1.36. The average molecular weight is 389 g/mol. The minimum Gasteiger partial charge on any atom is -0.359 e. The van der Waals surface area contributed by atoms with Crippen molar-refractivity contribution in [3.05, 3.63) is 41.6 Å². The Labute approximate surface area is 163 Å². The molecule has 148 valence electrons. The highest BCUT2D eigenvalue weighted by atomic mass is 32.2. The normalized spacial score (nSPS) is 33.3. The lowest BCUT2D eigenvalue weighted by Gasteiger charge is -2.34. The average Bonchev–Trinajstić information content (AvgIpc) is 2.93. The molecule has 3 aliphatic rings. The third kappa shape index (κ3) is 4.40. The van der Waals surface area contributed by atoms with Gasteiger partial charge >= 0.3 is 0 Å². The van der Waals surface area contributed by atoms with Crippen LogP contribution < -0.4 is 5.32 Å². The fourth-order valence-corrected chi connectivity index (χ4v) is 6.36. The number of benzene rings is 1. The summed E-state index contributed by atoms with van der Waals surface area (Å²) < 4.78 is 23.1. The van der Waals surface area contributed by atoms with Crippen LogP contribution >= 0.6 is 0 Å². The van der Waals surface area contributed by atoms with E-state index in [4.69, 9.17) is 0 Å². The summed E-state index contributed by atoms with van der Waals surface area (Å²) in [5.74, 6) is 3.61. The maximum atomic E-state index is 11.6. The third-order valence-electron chi connectivity index (χ3n) is 6.77. The molecule has 0 bridgehead atoms. The summed E-state index contributed by atoms with van der Waals surface area (Å²) in [6.07, 6.45) is 6.50. The summed E-state index contributed by atoms with van der Waals surface area (Å²) in [6, 6.07) is 8.68. The largest absolute Gasteiger partial charge is 0.359 e. The Morgan fingerprint density at radius 3 is 2.48 bits per heavy atom. The van der Waals surface area contributed by atoms with Crippen molar-refractivity contribution < 1.29 is 8.42 Å². The van der Waals surface area contributed by atoms with Crippen LogP contribution in [0.25, 0.3) is 0 Å². The smallest absolute Gasteiger partial charge is 0.152 e. The summed E-state index contributed by atoms with van der Waals surface area (Å²) in [5.41, 5.74) is 3.84. The molecule has 0 aromatic heterocycles. The molecule has 2 fully saturated rings. The highest BCUT2D eigenvalue weighted by molar-refractivity contribution is 7.91. The van der Waals surface area contributed by atoms with Gasteiger partial charge in [-0.3, -0.25) is 4.90 Å². The molecule has 5 heteroatoms. The van der Waals surface area contributed by atoms with Crippen LogP contribution in [0.5, 0.6) is 0 Å². The van der Waals surface area contributed by atoms with Crippen molar-refractivity contribution in [3.8, 4) is 0 Å². The highest BCUT2D eigenvalue weighted by Crippen LogP contribution is 2.47. The first-order valence-electron chi connectivity index (χ1n) is 10.4. The van der Waals surface area contributed by atoms with Crippen molar-refractivity contribution in [1.29, 1.82) is 0 Å². The Kier molecular flexibility index (Phi) is 5.34. The third-order valence-corrected chi connectivity index (χ3v) is 8.38. The molecule has 1 saturated carbocycles. The van der Waals surface area contributed by atoms with E-state index in [0.29, 0.717) is 36.4 Å². The quantitative estimate of drug-likeness (QED) is 0.849. The summed E-state index contributed by atoms with van der Waals surface area (Å²) in [7, 11) is -2.80. The van der Waals surface area contributed by atoms with Gasteiger partial charge < -0.3 is 5.32 Å². The Morgan fingerprint density at radius 2 is 1.78 bits per heavy atom. The van der Waals surface area contributed by atoms with Gasteiger partial charge in [0.15, 0.2) is 9.84 Å². The van der Waals surface area contributed by atoms with Crippen LogP contribution in [-0.4, -0.2) is 37.9 Å². The van der Waals surface area contributed by atoms with Gasteiger partial charge in [0, 0.05) is 36.9 Å². The zero-order chi connectivity index (χ0) is 19.0. The van der Waals surface area contributed by atoms with E-state index in [-0.39, 0.29) is 0 Å². The fourth-order valence-electron chi connectivity index (χ4n) is 5.08. The minimum atomic E-state index is -2.80. The number of rotatable bonds is 4. The second-order valence-electron chi connectivity index (χ2n) is 8.92. The lowest BCUT2D eigenvalue weighted by atomic mass is 9.73. The molecule has 1 saturated heterocycles. The van der Waals surface area contributed by atoms with E-state index in [2.05, 4.69) is 54.4 Å². The molecule has 1 aliphatic heterocycles. The van der Waals surface area contributed by atoms with Gasteiger partial charge in [-0.05, 0) is 48.3 Å². The van der Waals surface area contributed by atoms with Crippen LogP contribution in [0, 0.1) is 23.7 Å². The second-order valence-corrected chi connectivity index (χ2v) is 11.2. The summed E-state index contributed by atoms with van der Waals surface area (Å²) in [5, 5.41) is 3.70. The molecule has 4 nitrogen and oxygen atoms in total. The van der Waals surface area contributed by atoms with E-state index in [1.165, 1.54) is 30.5 Å². The topological polar surface area (TPSA) is 49.4 Å². The number of nitrogens with one attached hydrogen (secondary N) is 1. The van der Waals surface area contributed by atoms with Gasteiger partial charge in [-0.1, -0.05) is 38.5 Å². The van der Waals surface area contributed by atoms with Gasteiger partial charge in [0.25, 0.3) is 0 Å². The van der Waals surface area contributed by atoms with E-state index in [9.17, 15) is 8.42 Å². The SMILES string of the molecule is CC1C=C(Nc2ccc(CN3CCS(=O)(=O)CC3)cc2)[C@@H]2C[C@H](C)CC[C@@H]12. The lowest BCUT2D eigenvalue weighted by Crippen LogP contribution is -2.39. The fraction of sp³-hybridized carbons (Fsp3) is 0.636. The standard InChI is InChI=1S/C22H32N2O2S/c1-16-3-8-20-17(2)14-22(21(20)13-16)23-19-6-4-18(5-7-19)15-24-9-11-27(25,26)12-10-24/h4-7,14,16-17,20-21,23H,3,8-13,15H2,1-2H3/t16-,17?,20+,21-/m1/s1. The van der Waals surface area contributed by atoms with E-state index in [1.807, 2.05) is 0 Å². The molecular formula is C22H32N2O2S. The molecule has 1 heterocycles. The number of sulfone groups is 1. The van der Waals surface area contributed by atoms with Crippen molar-refractivity contribution in [2.24, 2.45) is 23.7 Å². The molecule has 1 unspecified atom stereocenters. The maximum Gasteiger partial charge on any atom is 0.152 e. The monoisotopic (exact) mass is 388 g/mol. The van der Waals surface area contributed by atoms with Gasteiger partial charge in [-0.25, -0.2) is 8.42 Å². The van der Waals surface area contributed by atoms with Gasteiger partial charge in [0.1, 0.15) is 0 Å². The van der Waals surface area contributed by atoms with Crippen LogP contribution in [0.15, 0.2) is 36.0 Å². The number of hydrogen-bond donors (Lipinski definition) is 1. The van der Waals surface area contributed by atoms with Crippen LogP contribution in [0.3, 0.4) is 0 Å².